The molecule has 2 aromatic carbocycles. The predicted molar refractivity (Wildman–Crippen MR) is 92.7 cm³/mol. The van der Waals surface area contributed by atoms with Gasteiger partial charge in [0.15, 0.2) is 0 Å². The molecule has 0 aliphatic rings. The highest BCUT2D eigenvalue weighted by molar-refractivity contribution is 9.10. The second-order valence-corrected chi connectivity index (χ2v) is 6.35. The van der Waals surface area contributed by atoms with Crippen LogP contribution in [-0.2, 0) is 6.42 Å². The van der Waals surface area contributed by atoms with Crippen LogP contribution in [0.5, 0.6) is 5.75 Å². The van der Waals surface area contributed by atoms with Gasteiger partial charge < -0.3 is 10.1 Å². The van der Waals surface area contributed by atoms with Gasteiger partial charge in [-0.1, -0.05) is 51.3 Å². The van der Waals surface area contributed by atoms with Gasteiger partial charge in [-0.25, -0.2) is 0 Å². The molecule has 0 aliphatic carbocycles. The fraction of sp³-hybridized carbons (Fsp3) is 0.250. The molecule has 0 heterocycles. The molecule has 2 rings (SSSR count). The molecule has 21 heavy (non-hydrogen) atoms. The van der Waals surface area contributed by atoms with E-state index < -0.39 is 0 Å². The smallest absolute Gasteiger partial charge is 0.120 e. The summed E-state index contributed by atoms with van der Waals surface area (Å²) in [5.41, 5.74) is 2.30. The van der Waals surface area contributed by atoms with E-state index in [0.29, 0.717) is 10.0 Å². The Balaban J connectivity index is 2.25. The number of likely N-dealkylation sites (N-methyl/N-ethyl adjacent to an activating group) is 1. The first-order valence-electron chi connectivity index (χ1n) is 6.49. The van der Waals surface area contributed by atoms with Gasteiger partial charge in [-0.2, -0.15) is 0 Å². The number of rotatable bonds is 5. The molecule has 1 atom stereocenters. The van der Waals surface area contributed by atoms with Crippen molar-refractivity contribution < 1.29 is 4.74 Å². The average Bonchev–Trinajstić information content (AvgIpc) is 2.48. The van der Waals surface area contributed by atoms with Crippen molar-refractivity contribution in [2.75, 3.05) is 14.2 Å². The zero-order valence-electron chi connectivity index (χ0n) is 11.8. The molecule has 5 heteroatoms. The molecular formula is C16H16BrCl2NO. The third-order valence-corrected chi connectivity index (χ3v) is 4.78. The van der Waals surface area contributed by atoms with Crippen LogP contribution in [0.15, 0.2) is 40.9 Å². The molecule has 112 valence electrons. The summed E-state index contributed by atoms with van der Waals surface area (Å²) in [6.45, 7) is 0. The highest BCUT2D eigenvalue weighted by Crippen LogP contribution is 2.31. The minimum absolute atomic E-state index is 0.169. The highest BCUT2D eigenvalue weighted by Gasteiger charge is 2.14. The van der Waals surface area contributed by atoms with Crippen LogP contribution in [0.25, 0.3) is 0 Å². The molecule has 0 bridgehead atoms. The first-order valence-corrected chi connectivity index (χ1v) is 8.04. The van der Waals surface area contributed by atoms with Gasteiger partial charge in [-0.05, 0) is 48.9 Å². The first kappa shape index (κ1) is 16.6. The maximum Gasteiger partial charge on any atom is 0.120 e. The van der Waals surface area contributed by atoms with E-state index in [2.05, 4.69) is 27.3 Å². The number of methoxy groups -OCH3 is 1. The van der Waals surface area contributed by atoms with Gasteiger partial charge in [0, 0.05) is 10.5 Å². The molecule has 0 amide bonds. The van der Waals surface area contributed by atoms with Crippen LogP contribution >= 0.6 is 39.1 Å². The topological polar surface area (TPSA) is 21.3 Å². The fourth-order valence-electron chi connectivity index (χ4n) is 2.19. The van der Waals surface area contributed by atoms with E-state index in [1.54, 1.807) is 7.11 Å². The van der Waals surface area contributed by atoms with Crippen molar-refractivity contribution in [1.82, 2.24) is 5.32 Å². The lowest BCUT2D eigenvalue weighted by Crippen LogP contribution is -2.19. The molecule has 0 aliphatic heterocycles. The Kier molecular flexibility index (Phi) is 5.94. The number of nitrogens with one attached hydrogen (secondary N) is 1. The summed E-state index contributed by atoms with van der Waals surface area (Å²) in [6.07, 6.45) is 0.818. The largest absolute Gasteiger partial charge is 0.497 e. The number of hydrogen-bond donors (Lipinski definition) is 1. The van der Waals surface area contributed by atoms with Gasteiger partial charge in [0.2, 0.25) is 0 Å². The van der Waals surface area contributed by atoms with Crippen LogP contribution in [0.1, 0.15) is 17.2 Å². The van der Waals surface area contributed by atoms with Crippen molar-refractivity contribution >= 4 is 39.1 Å². The number of ether oxygens (including phenoxy) is 1. The lowest BCUT2D eigenvalue weighted by atomic mass is 9.99. The van der Waals surface area contributed by atoms with Crippen LogP contribution in [-0.4, -0.2) is 14.2 Å². The van der Waals surface area contributed by atoms with Gasteiger partial charge in [0.1, 0.15) is 5.75 Å². The number of benzene rings is 2. The summed E-state index contributed by atoms with van der Waals surface area (Å²) in [5, 5.41) is 4.49. The normalized spacial score (nSPS) is 12.2. The van der Waals surface area contributed by atoms with E-state index in [4.69, 9.17) is 27.9 Å². The molecule has 1 N–H and O–H groups in total. The monoisotopic (exact) mass is 387 g/mol. The second-order valence-electron chi connectivity index (χ2n) is 4.68. The van der Waals surface area contributed by atoms with E-state index in [1.807, 2.05) is 37.4 Å². The molecule has 0 radical (unpaired) electrons. The van der Waals surface area contributed by atoms with Crippen molar-refractivity contribution in [3.63, 3.8) is 0 Å². The minimum Gasteiger partial charge on any atom is -0.497 e. The van der Waals surface area contributed by atoms with Gasteiger partial charge >= 0.3 is 0 Å². The van der Waals surface area contributed by atoms with Crippen molar-refractivity contribution in [3.8, 4) is 5.75 Å². The zero-order valence-corrected chi connectivity index (χ0v) is 14.9. The third-order valence-electron chi connectivity index (χ3n) is 3.36. The van der Waals surface area contributed by atoms with Gasteiger partial charge in [0.25, 0.3) is 0 Å². The number of hydrogen-bond acceptors (Lipinski definition) is 2. The molecule has 0 spiro atoms. The highest BCUT2D eigenvalue weighted by atomic mass is 79.9. The maximum absolute atomic E-state index is 6.08. The zero-order chi connectivity index (χ0) is 15.4. The quantitative estimate of drug-likeness (QED) is 0.753. The standard InChI is InChI=1S/C16H16BrCl2NO/c1-20-16(8-10-3-6-14(18)15(19)7-10)12-5-4-11(21-2)9-13(12)17/h3-7,9,16,20H,8H2,1-2H3. The molecule has 2 aromatic rings. The van der Waals surface area contributed by atoms with Crippen molar-refractivity contribution in [2.45, 2.75) is 12.5 Å². The van der Waals surface area contributed by atoms with Gasteiger partial charge in [-0.3, -0.25) is 0 Å². The Labute approximate surface area is 143 Å². The SMILES string of the molecule is CNC(Cc1ccc(Cl)c(Cl)c1)c1ccc(OC)cc1Br. The molecule has 0 saturated heterocycles. The van der Waals surface area contributed by atoms with E-state index >= 15 is 0 Å². The summed E-state index contributed by atoms with van der Waals surface area (Å²) in [5.74, 6) is 0.829. The van der Waals surface area contributed by atoms with Crippen LogP contribution in [0.2, 0.25) is 10.0 Å². The van der Waals surface area contributed by atoms with E-state index in [9.17, 15) is 0 Å². The molecule has 1 unspecified atom stereocenters. The van der Waals surface area contributed by atoms with E-state index in [-0.39, 0.29) is 6.04 Å². The maximum atomic E-state index is 6.08. The van der Waals surface area contributed by atoms with Crippen LogP contribution < -0.4 is 10.1 Å². The predicted octanol–water partition coefficient (Wildman–Crippen LogP) is 5.27. The molecule has 0 fully saturated rings. The van der Waals surface area contributed by atoms with Crippen LogP contribution in [0.4, 0.5) is 0 Å². The Hall–Kier alpha value is -0.740. The second kappa shape index (κ2) is 7.50. The Morgan fingerprint density at radius 1 is 1.14 bits per heavy atom. The van der Waals surface area contributed by atoms with Crippen molar-refractivity contribution in [3.05, 3.63) is 62.0 Å². The van der Waals surface area contributed by atoms with Crippen molar-refractivity contribution in [2.24, 2.45) is 0 Å². The molecular weight excluding hydrogens is 373 g/mol. The van der Waals surface area contributed by atoms with Gasteiger partial charge in [0.05, 0.1) is 17.2 Å². The summed E-state index contributed by atoms with van der Waals surface area (Å²) in [6, 6.07) is 11.9. The Morgan fingerprint density at radius 2 is 1.90 bits per heavy atom. The number of halogens is 3. The third kappa shape index (κ3) is 4.13. The van der Waals surface area contributed by atoms with Gasteiger partial charge in [-0.15, -0.1) is 0 Å². The molecule has 0 saturated carbocycles. The molecule has 0 aromatic heterocycles. The average molecular weight is 389 g/mol. The minimum atomic E-state index is 0.169. The first-order chi connectivity index (χ1) is 10.0. The Bertz CT molecular complexity index is 634. The summed E-state index contributed by atoms with van der Waals surface area (Å²) >= 11 is 15.6. The van der Waals surface area contributed by atoms with E-state index in [0.717, 1.165) is 22.2 Å². The van der Waals surface area contributed by atoms with Crippen LogP contribution in [0, 0.1) is 0 Å². The summed E-state index contributed by atoms with van der Waals surface area (Å²) in [7, 11) is 3.60. The Morgan fingerprint density at radius 3 is 2.48 bits per heavy atom. The molecule has 2 nitrogen and oxygen atoms in total. The van der Waals surface area contributed by atoms with E-state index in [1.165, 1.54) is 5.56 Å². The summed E-state index contributed by atoms with van der Waals surface area (Å²) in [4.78, 5) is 0. The van der Waals surface area contributed by atoms with Crippen molar-refractivity contribution in [1.29, 1.82) is 0 Å². The lowest BCUT2D eigenvalue weighted by Gasteiger charge is -2.19. The summed E-state index contributed by atoms with van der Waals surface area (Å²) < 4.78 is 6.24. The lowest BCUT2D eigenvalue weighted by molar-refractivity contribution is 0.414. The fourth-order valence-corrected chi connectivity index (χ4v) is 3.14. The van der Waals surface area contributed by atoms with Crippen LogP contribution in [0.3, 0.4) is 0 Å².